The Morgan fingerprint density at radius 2 is 2.29 bits per heavy atom. The Morgan fingerprint density at radius 1 is 1.53 bits per heavy atom. The molecule has 0 saturated carbocycles. The predicted octanol–water partition coefficient (Wildman–Crippen LogP) is 0.151. The molecule has 0 aromatic carbocycles. The molecule has 1 aliphatic rings. The third-order valence-corrected chi connectivity index (χ3v) is 2.86. The number of piperazine rings is 1. The maximum atomic E-state index is 11.6. The number of hydrogen-bond donors (Lipinski definition) is 2. The van der Waals surface area contributed by atoms with Crippen LogP contribution in [0.1, 0.15) is 12.6 Å². The van der Waals surface area contributed by atoms with Gasteiger partial charge in [0.25, 0.3) is 0 Å². The van der Waals surface area contributed by atoms with Crippen LogP contribution in [0, 0.1) is 6.92 Å². The molecule has 92 valence electrons. The van der Waals surface area contributed by atoms with Crippen molar-refractivity contribution in [3.63, 3.8) is 0 Å². The van der Waals surface area contributed by atoms with Crippen LogP contribution in [-0.2, 0) is 4.79 Å². The zero-order chi connectivity index (χ0) is 12.4. The Balaban J connectivity index is 2.32. The quantitative estimate of drug-likeness (QED) is 0.763. The summed E-state index contributed by atoms with van der Waals surface area (Å²) in [4.78, 5) is 22.2. The molecule has 2 N–H and O–H groups in total. The van der Waals surface area contributed by atoms with E-state index in [1.54, 1.807) is 7.05 Å². The number of nitrogens with zero attached hydrogens (tertiary/aromatic N) is 3. The van der Waals surface area contributed by atoms with Crippen molar-refractivity contribution in [2.24, 2.45) is 0 Å². The minimum Gasteiger partial charge on any atom is -0.357 e. The highest BCUT2D eigenvalue weighted by molar-refractivity contribution is 5.85. The second-order valence-corrected chi connectivity index (χ2v) is 4.10. The van der Waals surface area contributed by atoms with Gasteiger partial charge in [-0.2, -0.15) is 4.98 Å². The second kappa shape index (κ2) is 4.57. The topological polar surface area (TPSA) is 70.2 Å². The monoisotopic (exact) mass is 235 g/mol. The molecule has 2 heterocycles. The van der Waals surface area contributed by atoms with E-state index in [9.17, 15) is 4.79 Å². The Bertz CT molecular complexity index is 434. The normalized spacial score (nSPS) is 20.1. The standard InChI is InChI=1S/C11H17N5O/c1-7-6-9(15-11(12-3)14-7)16-5-4-13-10(17)8(16)2/h6,8H,4-5H2,1-3H3,(H,13,17)(H,12,14,15). The molecule has 1 fully saturated rings. The first-order chi connectivity index (χ1) is 8.11. The lowest BCUT2D eigenvalue weighted by Crippen LogP contribution is -2.54. The van der Waals surface area contributed by atoms with E-state index < -0.39 is 0 Å². The van der Waals surface area contributed by atoms with Crippen molar-refractivity contribution in [1.29, 1.82) is 0 Å². The second-order valence-electron chi connectivity index (χ2n) is 4.10. The molecular formula is C11H17N5O. The Labute approximate surface area is 100 Å². The van der Waals surface area contributed by atoms with Crippen LogP contribution in [-0.4, -0.2) is 42.1 Å². The van der Waals surface area contributed by atoms with Crippen LogP contribution in [0.2, 0.25) is 0 Å². The summed E-state index contributed by atoms with van der Waals surface area (Å²) < 4.78 is 0. The van der Waals surface area contributed by atoms with Crippen LogP contribution in [0.5, 0.6) is 0 Å². The summed E-state index contributed by atoms with van der Waals surface area (Å²) in [6, 6.07) is 1.71. The molecule has 1 unspecified atom stereocenters. The lowest BCUT2D eigenvalue weighted by atomic mass is 10.2. The van der Waals surface area contributed by atoms with E-state index >= 15 is 0 Å². The summed E-state index contributed by atoms with van der Waals surface area (Å²) >= 11 is 0. The van der Waals surface area contributed by atoms with Gasteiger partial charge in [-0.25, -0.2) is 4.98 Å². The van der Waals surface area contributed by atoms with Crippen molar-refractivity contribution in [2.45, 2.75) is 19.9 Å². The zero-order valence-electron chi connectivity index (χ0n) is 10.3. The van der Waals surface area contributed by atoms with E-state index in [-0.39, 0.29) is 11.9 Å². The van der Waals surface area contributed by atoms with Gasteiger partial charge in [-0.3, -0.25) is 4.79 Å². The molecule has 1 aromatic heterocycles. The van der Waals surface area contributed by atoms with Crippen molar-refractivity contribution in [2.75, 3.05) is 30.4 Å². The number of nitrogens with one attached hydrogen (secondary N) is 2. The highest BCUT2D eigenvalue weighted by Gasteiger charge is 2.26. The minimum atomic E-state index is -0.192. The number of carbonyl (C=O) groups is 1. The molecule has 6 heteroatoms. The van der Waals surface area contributed by atoms with Gasteiger partial charge in [0.15, 0.2) is 0 Å². The van der Waals surface area contributed by atoms with Crippen LogP contribution < -0.4 is 15.5 Å². The summed E-state index contributed by atoms with van der Waals surface area (Å²) in [7, 11) is 1.78. The largest absolute Gasteiger partial charge is 0.357 e. The molecule has 1 aliphatic heterocycles. The van der Waals surface area contributed by atoms with E-state index in [2.05, 4.69) is 20.6 Å². The number of aromatic nitrogens is 2. The number of aryl methyl sites for hydroxylation is 1. The van der Waals surface area contributed by atoms with Gasteiger partial charge in [-0.1, -0.05) is 0 Å². The van der Waals surface area contributed by atoms with Crippen LogP contribution in [0.3, 0.4) is 0 Å². The van der Waals surface area contributed by atoms with Gasteiger partial charge in [0.1, 0.15) is 11.9 Å². The van der Waals surface area contributed by atoms with E-state index in [1.165, 1.54) is 0 Å². The van der Waals surface area contributed by atoms with Crippen LogP contribution in [0.25, 0.3) is 0 Å². The summed E-state index contributed by atoms with van der Waals surface area (Å²) in [5.41, 5.74) is 0.887. The predicted molar refractivity (Wildman–Crippen MR) is 66.1 cm³/mol. The number of rotatable bonds is 2. The van der Waals surface area contributed by atoms with Gasteiger partial charge in [0.2, 0.25) is 11.9 Å². The maximum absolute atomic E-state index is 11.6. The third-order valence-electron chi connectivity index (χ3n) is 2.86. The third kappa shape index (κ3) is 2.30. The number of anilines is 2. The fourth-order valence-corrected chi connectivity index (χ4v) is 1.91. The summed E-state index contributed by atoms with van der Waals surface area (Å²) in [6.45, 7) is 5.22. The van der Waals surface area contributed by atoms with E-state index in [0.717, 1.165) is 18.1 Å². The Kier molecular flexibility index (Phi) is 3.12. The number of amides is 1. The van der Waals surface area contributed by atoms with Crippen molar-refractivity contribution in [1.82, 2.24) is 15.3 Å². The maximum Gasteiger partial charge on any atom is 0.242 e. The van der Waals surface area contributed by atoms with Crippen LogP contribution >= 0.6 is 0 Å². The van der Waals surface area contributed by atoms with Gasteiger partial charge in [-0.05, 0) is 13.8 Å². The molecule has 1 saturated heterocycles. The van der Waals surface area contributed by atoms with Gasteiger partial charge in [0.05, 0.1) is 0 Å². The molecule has 1 amide bonds. The first-order valence-corrected chi connectivity index (χ1v) is 5.69. The van der Waals surface area contributed by atoms with Crippen molar-refractivity contribution in [3.8, 4) is 0 Å². The molecule has 1 atom stereocenters. The Hall–Kier alpha value is -1.85. The van der Waals surface area contributed by atoms with Crippen molar-refractivity contribution in [3.05, 3.63) is 11.8 Å². The van der Waals surface area contributed by atoms with E-state index in [4.69, 9.17) is 0 Å². The molecule has 1 aromatic rings. The molecule has 0 aliphatic carbocycles. The van der Waals surface area contributed by atoms with E-state index in [0.29, 0.717) is 12.5 Å². The SMILES string of the molecule is CNc1nc(C)cc(N2CCNC(=O)C2C)n1. The molecule has 17 heavy (non-hydrogen) atoms. The average Bonchev–Trinajstić information content (AvgIpc) is 2.31. The highest BCUT2D eigenvalue weighted by atomic mass is 16.2. The van der Waals surface area contributed by atoms with Gasteiger partial charge in [-0.15, -0.1) is 0 Å². The minimum absolute atomic E-state index is 0.0403. The van der Waals surface area contributed by atoms with E-state index in [1.807, 2.05) is 24.8 Å². The summed E-state index contributed by atoms with van der Waals surface area (Å²) in [5.74, 6) is 1.42. The van der Waals surface area contributed by atoms with Crippen molar-refractivity contribution < 1.29 is 4.79 Å². The highest BCUT2D eigenvalue weighted by Crippen LogP contribution is 2.18. The van der Waals surface area contributed by atoms with Gasteiger partial charge >= 0.3 is 0 Å². The lowest BCUT2D eigenvalue weighted by Gasteiger charge is -2.33. The Morgan fingerprint density at radius 3 is 3.00 bits per heavy atom. The molecule has 2 rings (SSSR count). The van der Waals surface area contributed by atoms with Crippen LogP contribution in [0.15, 0.2) is 6.07 Å². The fraction of sp³-hybridized carbons (Fsp3) is 0.545. The number of hydrogen-bond acceptors (Lipinski definition) is 5. The fourth-order valence-electron chi connectivity index (χ4n) is 1.91. The average molecular weight is 235 g/mol. The summed E-state index contributed by atoms with van der Waals surface area (Å²) in [5, 5.41) is 5.76. The smallest absolute Gasteiger partial charge is 0.242 e. The van der Waals surface area contributed by atoms with Crippen molar-refractivity contribution >= 4 is 17.7 Å². The lowest BCUT2D eigenvalue weighted by molar-refractivity contribution is -0.122. The molecule has 0 spiro atoms. The molecule has 6 nitrogen and oxygen atoms in total. The molecule has 0 radical (unpaired) electrons. The zero-order valence-corrected chi connectivity index (χ0v) is 10.3. The first-order valence-electron chi connectivity index (χ1n) is 5.69. The van der Waals surface area contributed by atoms with Gasteiger partial charge < -0.3 is 15.5 Å². The van der Waals surface area contributed by atoms with Crippen LogP contribution in [0.4, 0.5) is 11.8 Å². The van der Waals surface area contributed by atoms with Gasteiger partial charge in [0, 0.05) is 31.9 Å². The molecule has 0 bridgehead atoms. The first kappa shape index (κ1) is 11.6. The number of carbonyl (C=O) groups excluding carboxylic acids is 1. The molecular weight excluding hydrogens is 218 g/mol. The summed E-state index contributed by atoms with van der Waals surface area (Å²) in [6.07, 6.45) is 0.